The van der Waals surface area contributed by atoms with Gasteiger partial charge in [-0.1, -0.05) is 65.2 Å². The van der Waals surface area contributed by atoms with Crippen molar-refractivity contribution in [3.63, 3.8) is 0 Å². The van der Waals surface area contributed by atoms with Crippen LogP contribution in [0.1, 0.15) is 28.2 Å². The van der Waals surface area contributed by atoms with Gasteiger partial charge in [0.25, 0.3) is 0 Å². The van der Waals surface area contributed by atoms with Crippen LogP contribution < -0.4 is 15.2 Å². The van der Waals surface area contributed by atoms with E-state index in [1.165, 1.54) is 6.08 Å². The van der Waals surface area contributed by atoms with Gasteiger partial charge in [-0.2, -0.15) is 5.26 Å². The molecule has 0 radical (unpaired) electrons. The van der Waals surface area contributed by atoms with Crippen molar-refractivity contribution >= 4 is 35.2 Å². The predicted molar refractivity (Wildman–Crippen MR) is 128 cm³/mol. The van der Waals surface area contributed by atoms with Crippen LogP contribution in [-0.4, -0.2) is 5.97 Å². The van der Waals surface area contributed by atoms with Crippen molar-refractivity contribution in [2.45, 2.75) is 12.8 Å². The maximum atomic E-state index is 12.3. The second-order valence-corrected chi connectivity index (χ2v) is 8.24. The van der Waals surface area contributed by atoms with Crippen LogP contribution in [0.15, 0.2) is 78.2 Å². The van der Waals surface area contributed by atoms with Gasteiger partial charge in [0.1, 0.15) is 23.1 Å². The molecule has 4 rings (SSSR count). The lowest BCUT2D eigenvalue weighted by atomic mass is 9.83. The molecule has 164 valence electrons. The molecule has 0 saturated heterocycles. The summed E-state index contributed by atoms with van der Waals surface area (Å²) in [5, 5.41) is 10.5. The number of hydrogen-bond donors (Lipinski definition) is 1. The van der Waals surface area contributed by atoms with Gasteiger partial charge in [0.2, 0.25) is 5.88 Å². The molecule has 0 aromatic heterocycles. The van der Waals surface area contributed by atoms with E-state index in [1.807, 2.05) is 31.2 Å². The summed E-state index contributed by atoms with van der Waals surface area (Å²) in [5.41, 5.74) is 9.43. The molecule has 7 heteroatoms. The van der Waals surface area contributed by atoms with Gasteiger partial charge in [-0.05, 0) is 36.8 Å². The number of fused-ring (bicyclic) bond motifs is 1. The minimum Gasteiger partial charge on any atom is -0.440 e. The van der Waals surface area contributed by atoms with Gasteiger partial charge >= 0.3 is 5.97 Å². The van der Waals surface area contributed by atoms with Crippen LogP contribution in [-0.2, 0) is 4.79 Å². The van der Waals surface area contributed by atoms with Gasteiger partial charge in [0.15, 0.2) is 0 Å². The zero-order chi connectivity index (χ0) is 23.5. The molecule has 3 aromatic rings. The van der Waals surface area contributed by atoms with Crippen molar-refractivity contribution in [2.24, 2.45) is 5.73 Å². The first kappa shape index (κ1) is 22.5. The maximum absolute atomic E-state index is 12.3. The number of ether oxygens (including phenoxy) is 2. The number of allylic oxidation sites excluding steroid dienone is 1. The summed E-state index contributed by atoms with van der Waals surface area (Å²) >= 11 is 12.8. The number of esters is 1. The number of nitrogens with zero attached hydrogens (tertiary/aromatic N) is 1. The van der Waals surface area contributed by atoms with Gasteiger partial charge in [-0.15, -0.1) is 0 Å². The lowest BCUT2D eigenvalue weighted by Gasteiger charge is -2.27. The normalized spacial score (nSPS) is 15.0. The van der Waals surface area contributed by atoms with Gasteiger partial charge in [0, 0.05) is 33.3 Å². The van der Waals surface area contributed by atoms with Crippen LogP contribution in [0.25, 0.3) is 6.08 Å². The van der Waals surface area contributed by atoms with Gasteiger partial charge in [-0.25, -0.2) is 4.79 Å². The molecule has 5 nitrogen and oxygen atoms in total. The number of carbonyl (C=O) groups excluding carboxylic acids is 1. The Kier molecular flexibility index (Phi) is 6.41. The SMILES string of the molecule is Cc1ccc(/C=C/C(=O)Oc2ccc3c(c2)OC(N)=C(C#N)C3c2c(Cl)cccc2Cl)cc1. The second-order valence-electron chi connectivity index (χ2n) is 7.42. The van der Waals surface area contributed by atoms with Crippen molar-refractivity contribution in [1.29, 1.82) is 5.26 Å². The molecule has 0 bridgehead atoms. The van der Waals surface area contributed by atoms with E-state index < -0.39 is 11.9 Å². The van der Waals surface area contributed by atoms with E-state index in [9.17, 15) is 10.1 Å². The van der Waals surface area contributed by atoms with Crippen molar-refractivity contribution in [3.05, 3.63) is 110 Å². The molecule has 33 heavy (non-hydrogen) atoms. The number of halogens is 2. The molecule has 2 N–H and O–H groups in total. The molecule has 0 saturated carbocycles. The van der Waals surface area contributed by atoms with Crippen LogP contribution in [0.2, 0.25) is 10.0 Å². The summed E-state index contributed by atoms with van der Waals surface area (Å²) in [5.74, 6) is -0.608. The third-order valence-corrected chi connectivity index (χ3v) is 5.85. The number of benzene rings is 3. The largest absolute Gasteiger partial charge is 0.440 e. The predicted octanol–water partition coefficient (Wildman–Crippen LogP) is 6.14. The Morgan fingerprint density at radius 1 is 1.12 bits per heavy atom. The molecule has 1 aliphatic rings. The lowest BCUT2D eigenvalue weighted by Crippen LogP contribution is -2.21. The first-order chi connectivity index (χ1) is 15.9. The zero-order valence-corrected chi connectivity index (χ0v) is 19.0. The fraction of sp³-hybridized carbons (Fsp3) is 0.0769. The molecular weight excluding hydrogens is 459 g/mol. The van der Waals surface area contributed by atoms with E-state index >= 15 is 0 Å². The van der Waals surface area contributed by atoms with E-state index in [1.54, 1.807) is 42.5 Å². The van der Waals surface area contributed by atoms with Crippen LogP contribution >= 0.6 is 23.2 Å². The fourth-order valence-electron chi connectivity index (χ4n) is 3.57. The Hall–Kier alpha value is -3.72. The first-order valence-electron chi connectivity index (χ1n) is 9.99. The summed E-state index contributed by atoms with van der Waals surface area (Å²) in [6, 6.07) is 19.8. The van der Waals surface area contributed by atoms with E-state index in [2.05, 4.69) is 6.07 Å². The zero-order valence-electron chi connectivity index (χ0n) is 17.5. The molecule has 0 spiro atoms. The van der Waals surface area contributed by atoms with E-state index in [-0.39, 0.29) is 17.2 Å². The van der Waals surface area contributed by atoms with Crippen molar-refractivity contribution < 1.29 is 14.3 Å². The summed E-state index contributed by atoms with van der Waals surface area (Å²) in [6.07, 6.45) is 3.02. The molecule has 1 atom stereocenters. The lowest BCUT2D eigenvalue weighted by molar-refractivity contribution is -0.128. The third-order valence-electron chi connectivity index (χ3n) is 5.19. The summed E-state index contributed by atoms with van der Waals surface area (Å²) < 4.78 is 11.1. The smallest absolute Gasteiger partial charge is 0.336 e. The Labute approximate surface area is 201 Å². The Balaban J connectivity index is 1.63. The first-order valence-corrected chi connectivity index (χ1v) is 10.7. The molecule has 1 aliphatic heterocycles. The molecule has 0 fully saturated rings. The number of aryl methyl sites for hydroxylation is 1. The van der Waals surface area contributed by atoms with E-state index in [0.717, 1.165) is 11.1 Å². The molecule has 0 aliphatic carbocycles. The molecule has 3 aromatic carbocycles. The molecule has 0 amide bonds. The molecular formula is C26H18Cl2N2O3. The maximum Gasteiger partial charge on any atom is 0.336 e. The van der Waals surface area contributed by atoms with Gasteiger partial charge in [0.05, 0.1) is 5.92 Å². The van der Waals surface area contributed by atoms with Crippen LogP contribution in [0, 0.1) is 18.3 Å². The van der Waals surface area contributed by atoms with E-state index in [4.69, 9.17) is 38.4 Å². The number of hydrogen-bond acceptors (Lipinski definition) is 5. The van der Waals surface area contributed by atoms with Crippen LogP contribution in [0.4, 0.5) is 0 Å². The van der Waals surface area contributed by atoms with Crippen molar-refractivity contribution in [1.82, 2.24) is 0 Å². The highest BCUT2D eigenvalue weighted by atomic mass is 35.5. The van der Waals surface area contributed by atoms with Crippen LogP contribution in [0.3, 0.4) is 0 Å². The highest BCUT2D eigenvalue weighted by molar-refractivity contribution is 6.36. The van der Waals surface area contributed by atoms with Crippen molar-refractivity contribution in [3.8, 4) is 17.6 Å². The molecule has 1 heterocycles. The third kappa shape index (κ3) is 4.73. The van der Waals surface area contributed by atoms with Crippen LogP contribution in [0.5, 0.6) is 11.5 Å². The number of carbonyl (C=O) groups is 1. The molecule has 1 unspecified atom stereocenters. The minimum atomic E-state index is -0.619. The minimum absolute atomic E-state index is 0.0614. The summed E-state index contributed by atoms with van der Waals surface area (Å²) in [4.78, 5) is 12.3. The fourth-order valence-corrected chi connectivity index (χ4v) is 4.19. The Morgan fingerprint density at radius 2 is 1.82 bits per heavy atom. The monoisotopic (exact) mass is 476 g/mol. The highest BCUT2D eigenvalue weighted by Crippen LogP contribution is 2.47. The quantitative estimate of drug-likeness (QED) is 0.277. The van der Waals surface area contributed by atoms with E-state index in [0.29, 0.717) is 26.9 Å². The van der Waals surface area contributed by atoms with Gasteiger partial charge < -0.3 is 15.2 Å². The Morgan fingerprint density at radius 3 is 2.48 bits per heavy atom. The average molecular weight is 477 g/mol. The average Bonchev–Trinajstić information content (AvgIpc) is 2.78. The second kappa shape index (κ2) is 9.41. The topological polar surface area (TPSA) is 85.3 Å². The van der Waals surface area contributed by atoms with Gasteiger partial charge in [-0.3, -0.25) is 0 Å². The number of nitriles is 1. The Bertz CT molecular complexity index is 1320. The highest BCUT2D eigenvalue weighted by Gasteiger charge is 2.33. The standard InChI is InChI=1S/C26H18Cl2N2O3/c1-15-5-7-16(8-6-15)9-12-23(31)32-17-10-11-18-22(13-17)33-26(30)19(14-29)24(18)25-20(27)3-2-4-21(25)28/h2-13,24H,30H2,1H3/b12-9+. The number of rotatable bonds is 4. The summed E-state index contributed by atoms with van der Waals surface area (Å²) in [7, 11) is 0. The summed E-state index contributed by atoms with van der Waals surface area (Å²) in [6.45, 7) is 1.99. The number of nitrogens with two attached hydrogens (primary N) is 1. The van der Waals surface area contributed by atoms with Crippen molar-refractivity contribution in [2.75, 3.05) is 0 Å².